The molecule has 0 aliphatic heterocycles. The van der Waals surface area contributed by atoms with Crippen LogP contribution in [0.3, 0.4) is 0 Å². The van der Waals surface area contributed by atoms with E-state index in [4.69, 9.17) is 9.72 Å². The van der Waals surface area contributed by atoms with Crippen LogP contribution in [-0.2, 0) is 11.2 Å². The SMILES string of the molecule is CCCNC(Cc1cn2ccsc2n1)C1(OC)CCCC1. The Kier molecular flexibility index (Phi) is 4.62. The normalized spacial score (nSPS) is 19.3. The summed E-state index contributed by atoms with van der Waals surface area (Å²) in [6, 6.07) is 0.356. The fourth-order valence-electron chi connectivity index (χ4n) is 3.51. The molecule has 1 saturated carbocycles. The lowest BCUT2D eigenvalue weighted by Crippen LogP contribution is -2.52. The minimum Gasteiger partial charge on any atom is -0.377 e. The molecule has 3 rings (SSSR count). The van der Waals surface area contributed by atoms with E-state index in [9.17, 15) is 0 Å². The fraction of sp³-hybridized carbons (Fsp3) is 0.688. The van der Waals surface area contributed by atoms with E-state index in [2.05, 4.69) is 34.4 Å². The van der Waals surface area contributed by atoms with Crippen LogP contribution in [-0.4, -0.2) is 34.7 Å². The Hall–Kier alpha value is -0.910. The van der Waals surface area contributed by atoms with Gasteiger partial charge in [-0.3, -0.25) is 4.40 Å². The zero-order valence-corrected chi connectivity index (χ0v) is 13.8. The van der Waals surface area contributed by atoms with E-state index in [1.54, 1.807) is 11.3 Å². The highest BCUT2D eigenvalue weighted by atomic mass is 32.1. The molecule has 1 unspecified atom stereocenters. The van der Waals surface area contributed by atoms with Crippen LogP contribution in [0.2, 0.25) is 0 Å². The van der Waals surface area contributed by atoms with Gasteiger partial charge in [0.25, 0.3) is 0 Å². The first-order chi connectivity index (χ1) is 10.3. The van der Waals surface area contributed by atoms with Crippen molar-refractivity contribution in [3.63, 3.8) is 0 Å². The first-order valence-electron chi connectivity index (χ1n) is 7.97. The first kappa shape index (κ1) is 15.0. The monoisotopic (exact) mass is 307 g/mol. The van der Waals surface area contributed by atoms with Crippen molar-refractivity contribution in [2.75, 3.05) is 13.7 Å². The third-order valence-corrected chi connectivity index (χ3v) is 5.46. The molecular weight excluding hydrogens is 282 g/mol. The van der Waals surface area contributed by atoms with Crippen molar-refractivity contribution < 1.29 is 4.74 Å². The summed E-state index contributed by atoms with van der Waals surface area (Å²) in [5, 5.41) is 5.79. The number of hydrogen-bond donors (Lipinski definition) is 1. The molecule has 116 valence electrons. The summed E-state index contributed by atoms with van der Waals surface area (Å²) in [4.78, 5) is 5.82. The molecule has 0 spiro atoms. The van der Waals surface area contributed by atoms with Gasteiger partial charge in [-0.1, -0.05) is 19.8 Å². The predicted octanol–water partition coefficient (Wildman–Crippen LogP) is 3.27. The number of nitrogens with one attached hydrogen (secondary N) is 1. The van der Waals surface area contributed by atoms with E-state index < -0.39 is 0 Å². The maximum absolute atomic E-state index is 5.99. The molecule has 0 bridgehead atoms. The van der Waals surface area contributed by atoms with Gasteiger partial charge in [0.15, 0.2) is 4.96 Å². The topological polar surface area (TPSA) is 38.6 Å². The van der Waals surface area contributed by atoms with Crippen molar-refractivity contribution in [3.8, 4) is 0 Å². The largest absolute Gasteiger partial charge is 0.377 e. The second-order valence-corrected chi connectivity index (χ2v) is 6.88. The zero-order chi connectivity index (χ0) is 14.7. The fourth-order valence-corrected chi connectivity index (χ4v) is 4.23. The lowest BCUT2D eigenvalue weighted by atomic mass is 9.88. The summed E-state index contributed by atoms with van der Waals surface area (Å²) in [7, 11) is 1.87. The van der Waals surface area contributed by atoms with Crippen molar-refractivity contribution in [1.29, 1.82) is 0 Å². The van der Waals surface area contributed by atoms with E-state index in [-0.39, 0.29) is 5.60 Å². The van der Waals surface area contributed by atoms with Gasteiger partial charge in [-0.05, 0) is 25.8 Å². The average Bonchev–Trinajstić information content (AvgIpc) is 3.18. The van der Waals surface area contributed by atoms with Gasteiger partial charge in [0.1, 0.15) is 0 Å². The third-order valence-electron chi connectivity index (χ3n) is 4.69. The number of fused-ring (bicyclic) bond motifs is 1. The Balaban J connectivity index is 1.79. The molecule has 0 radical (unpaired) electrons. The molecule has 21 heavy (non-hydrogen) atoms. The summed E-state index contributed by atoms with van der Waals surface area (Å²) in [6.07, 6.45) is 11.2. The third kappa shape index (κ3) is 3.00. The van der Waals surface area contributed by atoms with Crippen molar-refractivity contribution >= 4 is 16.3 Å². The molecule has 2 aromatic rings. The highest BCUT2D eigenvalue weighted by molar-refractivity contribution is 7.15. The molecule has 2 aromatic heterocycles. The molecule has 1 N–H and O–H groups in total. The number of imidazole rings is 1. The Labute approximate surface area is 130 Å². The molecule has 2 heterocycles. The summed E-state index contributed by atoms with van der Waals surface area (Å²) >= 11 is 1.69. The molecule has 0 amide bonds. The summed E-state index contributed by atoms with van der Waals surface area (Å²) in [5.74, 6) is 0. The number of ether oxygens (including phenoxy) is 1. The average molecular weight is 307 g/mol. The van der Waals surface area contributed by atoms with Gasteiger partial charge >= 0.3 is 0 Å². The molecule has 1 aliphatic rings. The van der Waals surface area contributed by atoms with E-state index >= 15 is 0 Å². The zero-order valence-electron chi connectivity index (χ0n) is 13.0. The Morgan fingerprint density at radius 2 is 2.29 bits per heavy atom. The standard InChI is InChI=1S/C16H25N3OS/c1-3-8-17-14(16(20-2)6-4-5-7-16)11-13-12-19-9-10-21-15(19)18-13/h9-10,12,14,17H,3-8,11H2,1-2H3. The molecule has 1 aliphatic carbocycles. The molecule has 0 aromatic carbocycles. The maximum Gasteiger partial charge on any atom is 0.193 e. The number of thiazole rings is 1. The summed E-state index contributed by atoms with van der Waals surface area (Å²) < 4.78 is 8.11. The van der Waals surface area contributed by atoms with E-state index in [0.29, 0.717) is 6.04 Å². The van der Waals surface area contributed by atoms with Crippen molar-refractivity contribution in [2.24, 2.45) is 0 Å². The lowest BCUT2D eigenvalue weighted by molar-refractivity contribution is -0.0356. The van der Waals surface area contributed by atoms with Gasteiger partial charge in [0, 0.05) is 37.3 Å². The van der Waals surface area contributed by atoms with Crippen LogP contribution in [0.25, 0.3) is 4.96 Å². The van der Waals surface area contributed by atoms with Gasteiger partial charge in [0.05, 0.1) is 11.3 Å². The number of rotatable bonds is 7. The molecule has 0 saturated heterocycles. The summed E-state index contributed by atoms with van der Waals surface area (Å²) in [6.45, 7) is 3.25. The van der Waals surface area contributed by atoms with Crippen LogP contribution in [0.1, 0.15) is 44.7 Å². The first-order valence-corrected chi connectivity index (χ1v) is 8.85. The van der Waals surface area contributed by atoms with Crippen LogP contribution in [0.15, 0.2) is 17.8 Å². The van der Waals surface area contributed by atoms with Crippen molar-refractivity contribution in [1.82, 2.24) is 14.7 Å². The van der Waals surface area contributed by atoms with Gasteiger partial charge < -0.3 is 10.1 Å². The van der Waals surface area contributed by atoms with Crippen molar-refractivity contribution in [2.45, 2.75) is 57.1 Å². The summed E-state index contributed by atoms with van der Waals surface area (Å²) in [5.41, 5.74) is 1.16. The quantitative estimate of drug-likeness (QED) is 0.853. The van der Waals surface area contributed by atoms with Crippen LogP contribution >= 0.6 is 11.3 Å². The minimum absolute atomic E-state index is 0.00773. The van der Waals surface area contributed by atoms with Crippen LogP contribution in [0, 0.1) is 0 Å². The number of hydrogen-bond acceptors (Lipinski definition) is 4. The van der Waals surface area contributed by atoms with Gasteiger partial charge in [-0.2, -0.15) is 0 Å². The molecule has 4 nitrogen and oxygen atoms in total. The van der Waals surface area contributed by atoms with E-state index in [0.717, 1.165) is 37.2 Å². The molecule has 1 atom stereocenters. The number of methoxy groups -OCH3 is 1. The number of nitrogens with zero attached hydrogens (tertiary/aromatic N) is 2. The minimum atomic E-state index is -0.00773. The van der Waals surface area contributed by atoms with Gasteiger partial charge in [-0.15, -0.1) is 11.3 Å². The Morgan fingerprint density at radius 1 is 1.48 bits per heavy atom. The van der Waals surface area contributed by atoms with Crippen molar-refractivity contribution in [3.05, 3.63) is 23.5 Å². The molecule has 1 fully saturated rings. The van der Waals surface area contributed by atoms with E-state index in [1.807, 2.05) is 7.11 Å². The Bertz CT molecular complexity index is 542. The van der Waals surface area contributed by atoms with E-state index in [1.165, 1.54) is 18.5 Å². The molecule has 5 heteroatoms. The lowest BCUT2D eigenvalue weighted by Gasteiger charge is -2.37. The smallest absolute Gasteiger partial charge is 0.193 e. The van der Waals surface area contributed by atoms with Gasteiger partial charge in [0.2, 0.25) is 0 Å². The van der Waals surface area contributed by atoms with Gasteiger partial charge in [-0.25, -0.2) is 4.98 Å². The molecular formula is C16H25N3OS. The highest BCUT2D eigenvalue weighted by Crippen LogP contribution is 2.36. The maximum atomic E-state index is 5.99. The Morgan fingerprint density at radius 3 is 2.95 bits per heavy atom. The van der Waals surface area contributed by atoms with Crippen LogP contribution in [0.4, 0.5) is 0 Å². The number of aromatic nitrogens is 2. The predicted molar refractivity (Wildman–Crippen MR) is 87.1 cm³/mol. The second kappa shape index (κ2) is 6.46. The highest BCUT2D eigenvalue weighted by Gasteiger charge is 2.41. The van der Waals surface area contributed by atoms with Crippen LogP contribution < -0.4 is 5.32 Å². The van der Waals surface area contributed by atoms with Crippen LogP contribution in [0.5, 0.6) is 0 Å². The second-order valence-electron chi connectivity index (χ2n) is 6.01.